The third kappa shape index (κ3) is 8.72. The molecule has 0 unspecified atom stereocenters. The van der Waals surface area contributed by atoms with Gasteiger partial charge in [-0.05, 0) is 49.2 Å². The van der Waals surface area contributed by atoms with E-state index >= 15 is 0 Å². The van der Waals surface area contributed by atoms with Crippen LogP contribution < -0.4 is 14.8 Å². The van der Waals surface area contributed by atoms with Gasteiger partial charge in [0, 0.05) is 20.1 Å². The van der Waals surface area contributed by atoms with E-state index in [1.54, 1.807) is 24.3 Å². The van der Waals surface area contributed by atoms with E-state index in [4.69, 9.17) is 14.2 Å². The Morgan fingerprint density at radius 1 is 1.03 bits per heavy atom. The number of aryl methyl sites for hydroxylation is 1. The molecule has 2 aromatic carbocycles. The van der Waals surface area contributed by atoms with Crippen molar-refractivity contribution in [1.29, 1.82) is 5.26 Å². The minimum atomic E-state index is -0.470. The maximum Gasteiger partial charge on any atom is 0.311 e. The summed E-state index contributed by atoms with van der Waals surface area (Å²) in [6.07, 6.45) is 2.24. The summed E-state index contributed by atoms with van der Waals surface area (Å²) >= 11 is 0. The number of carbonyl (C=O) groups excluding carboxylic acids is 2. The number of nitriles is 1. The molecule has 31 heavy (non-hydrogen) atoms. The highest BCUT2D eigenvalue weighted by molar-refractivity contribution is 6.01. The van der Waals surface area contributed by atoms with Crippen LogP contribution in [0.5, 0.6) is 11.5 Å². The van der Waals surface area contributed by atoms with Crippen molar-refractivity contribution in [1.82, 2.24) is 5.32 Å². The number of rotatable bonds is 11. The van der Waals surface area contributed by atoms with Gasteiger partial charge in [-0.25, -0.2) is 0 Å². The first kappa shape index (κ1) is 23.6. The summed E-state index contributed by atoms with van der Waals surface area (Å²) in [5, 5.41) is 11.8. The molecule has 0 spiro atoms. The van der Waals surface area contributed by atoms with E-state index in [9.17, 15) is 14.9 Å². The Hall–Kier alpha value is -3.63. The number of hydrogen-bond donors (Lipinski definition) is 1. The fourth-order valence-corrected chi connectivity index (χ4v) is 2.53. The molecule has 7 nitrogen and oxygen atoms in total. The lowest BCUT2D eigenvalue weighted by Crippen LogP contribution is -2.27. The third-order valence-electron chi connectivity index (χ3n) is 4.19. The van der Waals surface area contributed by atoms with Gasteiger partial charge in [0.05, 0.1) is 13.2 Å². The van der Waals surface area contributed by atoms with Crippen LogP contribution in [0.3, 0.4) is 0 Å². The summed E-state index contributed by atoms with van der Waals surface area (Å²) in [5.74, 6) is 0.338. The van der Waals surface area contributed by atoms with Gasteiger partial charge in [0.1, 0.15) is 23.1 Å². The van der Waals surface area contributed by atoms with Crippen molar-refractivity contribution in [2.24, 2.45) is 0 Å². The predicted octanol–water partition coefficient (Wildman–Crippen LogP) is 3.43. The molecule has 0 aromatic heterocycles. The first-order valence-electron chi connectivity index (χ1n) is 9.91. The number of esters is 1. The highest BCUT2D eigenvalue weighted by atomic mass is 16.5. The predicted molar refractivity (Wildman–Crippen MR) is 116 cm³/mol. The molecule has 2 rings (SSSR count). The van der Waals surface area contributed by atoms with Crippen LogP contribution in [-0.2, 0) is 14.3 Å². The van der Waals surface area contributed by atoms with Crippen LogP contribution in [0, 0.1) is 18.3 Å². The second kappa shape index (κ2) is 12.8. The lowest BCUT2D eigenvalue weighted by atomic mass is 10.1. The number of benzene rings is 2. The van der Waals surface area contributed by atoms with Crippen molar-refractivity contribution >= 4 is 18.0 Å². The second-order valence-electron chi connectivity index (χ2n) is 6.73. The number of carbonyl (C=O) groups is 2. The normalized spacial score (nSPS) is 10.8. The fourth-order valence-electron chi connectivity index (χ4n) is 2.53. The summed E-state index contributed by atoms with van der Waals surface area (Å²) in [7, 11) is 1.53. The van der Waals surface area contributed by atoms with E-state index < -0.39 is 5.91 Å². The Kier molecular flexibility index (Phi) is 9.79. The largest absolute Gasteiger partial charge is 0.494 e. The van der Waals surface area contributed by atoms with Crippen LogP contribution in [0.1, 0.15) is 24.0 Å². The molecule has 0 saturated heterocycles. The third-order valence-corrected chi connectivity index (χ3v) is 4.19. The molecule has 162 valence electrons. The first-order valence-corrected chi connectivity index (χ1v) is 9.91. The molecule has 0 aliphatic rings. The molecule has 1 N–H and O–H groups in total. The molecule has 0 radical (unpaired) electrons. The number of nitrogens with one attached hydrogen (secondary N) is 1. The van der Waals surface area contributed by atoms with Crippen LogP contribution in [0.2, 0.25) is 0 Å². The average molecular weight is 422 g/mol. The van der Waals surface area contributed by atoms with E-state index in [-0.39, 0.29) is 18.0 Å². The van der Waals surface area contributed by atoms with Crippen molar-refractivity contribution in [2.45, 2.75) is 19.8 Å². The summed E-state index contributed by atoms with van der Waals surface area (Å²) in [6.45, 7) is 3.11. The molecule has 0 heterocycles. The van der Waals surface area contributed by atoms with Gasteiger partial charge in [0.15, 0.2) is 0 Å². The number of amides is 1. The second-order valence-corrected chi connectivity index (χ2v) is 6.73. The lowest BCUT2D eigenvalue weighted by molar-refractivity contribution is -0.134. The van der Waals surface area contributed by atoms with Crippen molar-refractivity contribution in [2.75, 3.05) is 26.9 Å². The zero-order chi connectivity index (χ0) is 22.5. The van der Waals surface area contributed by atoms with E-state index in [0.717, 1.165) is 11.3 Å². The maximum atomic E-state index is 12.0. The van der Waals surface area contributed by atoms with E-state index in [1.807, 2.05) is 37.3 Å². The topological polar surface area (TPSA) is 97.6 Å². The van der Waals surface area contributed by atoms with E-state index in [1.165, 1.54) is 13.2 Å². The summed E-state index contributed by atoms with van der Waals surface area (Å²) in [4.78, 5) is 24.0. The SMILES string of the molecule is COCCNC(=O)/C(C#N)=C/c1ccc(OC(=O)CCCOc2ccc(C)cc2)cc1. The molecular weight excluding hydrogens is 396 g/mol. The quantitative estimate of drug-likeness (QED) is 0.196. The van der Waals surface area contributed by atoms with Crippen molar-refractivity contribution in [3.63, 3.8) is 0 Å². The molecule has 7 heteroatoms. The smallest absolute Gasteiger partial charge is 0.311 e. The Morgan fingerprint density at radius 3 is 2.35 bits per heavy atom. The summed E-state index contributed by atoms with van der Waals surface area (Å²) in [5.41, 5.74) is 1.78. The molecule has 0 aliphatic carbocycles. The Balaban J connectivity index is 1.78. The Labute approximate surface area is 182 Å². The zero-order valence-electron chi connectivity index (χ0n) is 17.7. The van der Waals surface area contributed by atoms with Crippen LogP contribution in [0.25, 0.3) is 6.08 Å². The molecule has 0 aliphatic heterocycles. The number of ether oxygens (including phenoxy) is 3. The monoisotopic (exact) mass is 422 g/mol. The van der Waals surface area contributed by atoms with Gasteiger partial charge in [0.25, 0.3) is 5.91 Å². The van der Waals surface area contributed by atoms with E-state index in [2.05, 4.69) is 5.32 Å². The van der Waals surface area contributed by atoms with Crippen LogP contribution in [0.4, 0.5) is 0 Å². The van der Waals surface area contributed by atoms with Crippen molar-refractivity contribution in [3.05, 3.63) is 65.2 Å². The first-order chi connectivity index (χ1) is 15.0. The molecule has 1 amide bonds. The van der Waals surface area contributed by atoms with E-state index in [0.29, 0.717) is 37.5 Å². The maximum absolute atomic E-state index is 12.0. The Bertz CT molecular complexity index is 928. The van der Waals surface area contributed by atoms with Gasteiger partial charge in [-0.2, -0.15) is 5.26 Å². The molecule has 0 saturated carbocycles. The van der Waals surface area contributed by atoms with Crippen LogP contribution in [0.15, 0.2) is 54.1 Å². The summed E-state index contributed by atoms with van der Waals surface area (Å²) in [6, 6.07) is 16.2. The molecule has 2 aromatic rings. The standard InChI is InChI=1S/C24H26N2O5/c1-18-5-9-21(10-6-18)30-14-3-4-23(27)31-22-11-7-19(8-12-22)16-20(17-25)24(28)26-13-15-29-2/h5-12,16H,3-4,13-15H2,1-2H3,(H,26,28)/b20-16+. The van der Waals surface area contributed by atoms with Crippen molar-refractivity contribution < 1.29 is 23.8 Å². The number of hydrogen-bond acceptors (Lipinski definition) is 6. The fraction of sp³-hybridized carbons (Fsp3) is 0.292. The Morgan fingerprint density at radius 2 is 1.71 bits per heavy atom. The van der Waals surface area contributed by atoms with Crippen LogP contribution in [-0.4, -0.2) is 38.7 Å². The van der Waals surface area contributed by atoms with Crippen molar-refractivity contribution in [3.8, 4) is 17.6 Å². The highest BCUT2D eigenvalue weighted by Gasteiger charge is 2.09. The van der Waals surface area contributed by atoms with Gasteiger partial charge in [-0.1, -0.05) is 29.8 Å². The summed E-state index contributed by atoms with van der Waals surface area (Å²) < 4.78 is 15.8. The molecular formula is C24H26N2O5. The van der Waals surface area contributed by atoms with Gasteiger partial charge < -0.3 is 19.5 Å². The number of methoxy groups -OCH3 is 1. The minimum Gasteiger partial charge on any atom is -0.494 e. The molecule has 0 bridgehead atoms. The van der Waals surface area contributed by atoms with Gasteiger partial charge >= 0.3 is 5.97 Å². The van der Waals surface area contributed by atoms with Gasteiger partial charge in [-0.3, -0.25) is 9.59 Å². The lowest BCUT2D eigenvalue weighted by Gasteiger charge is -2.07. The minimum absolute atomic E-state index is 0.0191. The highest BCUT2D eigenvalue weighted by Crippen LogP contribution is 2.16. The van der Waals surface area contributed by atoms with Crippen LogP contribution >= 0.6 is 0 Å². The zero-order valence-corrected chi connectivity index (χ0v) is 17.7. The molecule has 0 fully saturated rings. The van der Waals surface area contributed by atoms with Gasteiger partial charge in [0.2, 0.25) is 0 Å². The number of nitrogens with zero attached hydrogens (tertiary/aromatic N) is 1. The van der Waals surface area contributed by atoms with Gasteiger partial charge in [-0.15, -0.1) is 0 Å². The molecule has 0 atom stereocenters. The average Bonchev–Trinajstić information content (AvgIpc) is 2.77.